The van der Waals surface area contributed by atoms with Crippen molar-refractivity contribution >= 4 is 39.0 Å². The number of benzene rings is 1. The van der Waals surface area contributed by atoms with Crippen molar-refractivity contribution in [3.05, 3.63) is 18.2 Å². The summed E-state index contributed by atoms with van der Waals surface area (Å²) in [4.78, 5) is 4.58. The summed E-state index contributed by atoms with van der Waals surface area (Å²) in [7, 11) is 0. The number of aromatic nitrogens is 1. The van der Waals surface area contributed by atoms with Crippen molar-refractivity contribution in [1.82, 2.24) is 4.98 Å². The van der Waals surface area contributed by atoms with E-state index in [2.05, 4.69) is 55.5 Å². The summed E-state index contributed by atoms with van der Waals surface area (Å²) in [5.74, 6) is 0. The molecule has 3 rings (SSSR count). The zero-order valence-corrected chi connectivity index (χ0v) is 14.6. The molecule has 0 saturated heterocycles. The third kappa shape index (κ3) is 2.79. The number of thiazole rings is 1. The van der Waals surface area contributed by atoms with E-state index in [0.29, 0.717) is 12.1 Å². The number of fused-ring (bicyclic) bond motifs is 1. The summed E-state index contributed by atoms with van der Waals surface area (Å²) in [6, 6.07) is 6.94. The standard InChI is InChI=1S/C16H22N2OS2/c1-5-19-14-9-13(16(14,2)3)17-10-6-7-11-12(8-10)21-15(18-11)20-4/h6-8,13-14,17H,5,9H2,1-4H3. The van der Waals surface area contributed by atoms with Gasteiger partial charge in [0, 0.05) is 23.8 Å². The van der Waals surface area contributed by atoms with Crippen LogP contribution in [0, 0.1) is 5.41 Å². The van der Waals surface area contributed by atoms with Crippen LogP contribution in [0.3, 0.4) is 0 Å². The van der Waals surface area contributed by atoms with Crippen LogP contribution in [0.4, 0.5) is 5.69 Å². The van der Waals surface area contributed by atoms with Crippen LogP contribution in [0.5, 0.6) is 0 Å². The molecule has 1 aromatic heterocycles. The summed E-state index contributed by atoms with van der Waals surface area (Å²) in [6.07, 6.45) is 3.52. The first kappa shape index (κ1) is 15.1. The van der Waals surface area contributed by atoms with Crippen molar-refractivity contribution in [3.63, 3.8) is 0 Å². The molecule has 1 aromatic carbocycles. The van der Waals surface area contributed by atoms with E-state index in [9.17, 15) is 0 Å². The maximum absolute atomic E-state index is 5.80. The zero-order valence-electron chi connectivity index (χ0n) is 13.0. The number of nitrogens with zero attached hydrogens (tertiary/aromatic N) is 1. The average Bonchev–Trinajstić information content (AvgIpc) is 2.88. The normalized spacial score (nSPS) is 24.0. The molecule has 114 valence electrons. The van der Waals surface area contributed by atoms with Crippen molar-refractivity contribution < 1.29 is 4.74 Å². The highest BCUT2D eigenvalue weighted by atomic mass is 32.2. The van der Waals surface area contributed by atoms with Gasteiger partial charge in [-0.25, -0.2) is 4.98 Å². The van der Waals surface area contributed by atoms with Crippen LogP contribution in [0.2, 0.25) is 0 Å². The molecule has 21 heavy (non-hydrogen) atoms. The van der Waals surface area contributed by atoms with E-state index >= 15 is 0 Å². The molecule has 1 aliphatic carbocycles. The molecule has 2 aromatic rings. The van der Waals surface area contributed by atoms with Gasteiger partial charge in [0.1, 0.15) is 0 Å². The summed E-state index contributed by atoms with van der Waals surface area (Å²) < 4.78 is 8.18. The van der Waals surface area contributed by atoms with E-state index in [1.165, 1.54) is 10.4 Å². The van der Waals surface area contributed by atoms with Gasteiger partial charge in [0.15, 0.2) is 4.34 Å². The first-order chi connectivity index (χ1) is 10.0. The second kappa shape index (κ2) is 5.78. The molecule has 1 fully saturated rings. The fourth-order valence-electron chi connectivity index (χ4n) is 2.90. The lowest BCUT2D eigenvalue weighted by molar-refractivity contribution is -0.0975. The third-order valence-corrected chi connectivity index (χ3v) is 6.43. The Hall–Kier alpha value is -0.780. The molecule has 0 radical (unpaired) electrons. The monoisotopic (exact) mass is 322 g/mol. The lowest BCUT2D eigenvalue weighted by Gasteiger charge is -2.52. The Labute approximate surface area is 134 Å². The van der Waals surface area contributed by atoms with Gasteiger partial charge < -0.3 is 10.1 Å². The molecular formula is C16H22N2OS2. The van der Waals surface area contributed by atoms with Gasteiger partial charge >= 0.3 is 0 Å². The highest BCUT2D eigenvalue weighted by Crippen LogP contribution is 2.44. The molecular weight excluding hydrogens is 300 g/mol. The smallest absolute Gasteiger partial charge is 0.150 e. The first-order valence-electron chi connectivity index (χ1n) is 7.37. The van der Waals surface area contributed by atoms with Gasteiger partial charge in [-0.1, -0.05) is 25.6 Å². The van der Waals surface area contributed by atoms with Crippen LogP contribution in [0.1, 0.15) is 27.2 Å². The highest BCUT2D eigenvalue weighted by Gasteiger charge is 2.48. The number of hydrogen-bond acceptors (Lipinski definition) is 5. The lowest BCUT2D eigenvalue weighted by Crippen LogP contribution is -2.58. The van der Waals surface area contributed by atoms with E-state index < -0.39 is 0 Å². The van der Waals surface area contributed by atoms with Crippen molar-refractivity contribution in [2.24, 2.45) is 5.41 Å². The SMILES string of the molecule is CCOC1CC(Nc2ccc3nc(SC)sc3c2)C1(C)C. The fourth-order valence-corrected chi connectivity index (χ4v) is 4.42. The third-order valence-electron chi connectivity index (χ3n) is 4.43. The maximum atomic E-state index is 5.80. The maximum Gasteiger partial charge on any atom is 0.150 e. The van der Waals surface area contributed by atoms with Gasteiger partial charge in [0.2, 0.25) is 0 Å². The minimum absolute atomic E-state index is 0.184. The van der Waals surface area contributed by atoms with Gasteiger partial charge in [-0.2, -0.15) is 0 Å². The quantitative estimate of drug-likeness (QED) is 0.814. The molecule has 2 unspecified atom stereocenters. The largest absolute Gasteiger partial charge is 0.382 e. The van der Waals surface area contributed by atoms with Gasteiger partial charge in [0.05, 0.1) is 16.3 Å². The summed E-state index contributed by atoms with van der Waals surface area (Å²) in [6.45, 7) is 7.43. The summed E-state index contributed by atoms with van der Waals surface area (Å²) in [5, 5.41) is 3.67. The number of hydrogen-bond donors (Lipinski definition) is 1. The molecule has 0 spiro atoms. The molecule has 0 aliphatic heterocycles. The molecule has 3 nitrogen and oxygen atoms in total. The summed E-state index contributed by atoms with van der Waals surface area (Å²) >= 11 is 3.47. The van der Waals surface area contributed by atoms with Gasteiger partial charge in [0.25, 0.3) is 0 Å². The van der Waals surface area contributed by atoms with E-state index in [4.69, 9.17) is 4.74 Å². The number of ether oxygens (including phenoxy) is 1. The number of nitrogens with one attached hydrogen (secondary N) is 1. The van der Waals surface area contributed by atoms with Crippen LogP contribution in [-0.2, 0) is 4.74 Å². The zero-order chi connectivity index (χ0) is 15.0. The van der Waals surface area contributed by atoms with Crippen molar-refractivity contribution in [1.29, 1.82) is 0 Å². The minimum atomic E-state index is 0.184. The predicted molar refractivity (Wildman–Crippen MR) is 92.6 cm³/mol. The van der Waals surface area contributed by atoms with Gasteiger partial charge in [-0.05, 0) is 37.8 Å². The fraction of sp³-hybridized carbons (Fsp3) is 0.562. The number of thioether (sulfide) groups is 1. The second-order valence-corrected chi connectivity index (χ2v) is 8.15. The molecule has 5 heteroatoms. The second-order valence-electron chi connectivity index (χ2n) is 6.06. The van der Waals surface area contributed by atoms with E-state index in [1.807, 2.05) is 0 Å². The van der Waals surface area contributed by atoms with Crippen LogP contribution in [-0.4, -0.2) is 30.0 Å². The molecule has 0 amide bonds. The Bertz CT molecular complexity index is 638. The highest BCUT2D eigenvalue weighted by molar-refractivity contribution is 8.00. The van der Waals surface area contributed by atoms with Gasteiger partial charge in [-0.3, -0.25) is 0 Å². The predicted octanol–water partition coefficient (Wildman–Crippen LogP) is 4.63. The molecule has 1 aliphatic rings. The molecule has 2 atom stereocenters. The summed E-state index contributed by atoms with van der Waals surface area (Å²) in [5.41, 5.74) is 2.46. The van der Waals surface area contributed by atoms with Crippen LogP contribution in [0.15, 0.2) is 22.5 Å². The molecule has 1 saturated carbocycles. The lowest BCUT2D eigenvalue weighted by atomic mass is 9.64. The Morgan fingerprint density at radius 1 is 1.48 bits per heavy atom. The number of anilines is 1. The van der Waals surface area contributed by atoms with Gasteiger partial charge in [-0.15, -0.1) is 11.3 Å². The Morgan fingerprint density at radius 2 is 2.29 bits per heavy atom. The topological polar surface area (TPSA) is 34.1 Å². The van der Waals surface area contributed by atoms with E-state index in [0.717, 1.165) is 22.9 Å². The average molecular weight is 322 g/mol. The molecule has 0 bridgehead atoms. The molecule has 1 heterocycles. The minimum Gasteiger partial charge on any atom is -0.382 e. The van der Waals surface area contributed by atoms with Crippen LogP contribution < -0.4 is 5.32 Å². The van der Waals surface area contributed by atoms with Crippen molar-refractivity contribution in [2.75, 3.05) is 18.2 Å². The van der Waals surface area contributed by atoms with Crippen molar-refractivity contribution in [3.8, 4) is 0 Å². The Morgan fingerprint density at radius 3 is 2.95 bits per heavy atom. The number of rotatable bonds is 5. The molecule has 1 N–H and O–H groups in total. The van der Waals surface area contributed by atoms with Crippen LogP contribution in [0.25, 0.3) is 10.2 Å². The van der Waals surface area contributed by atoms with E-state index in [-0.39, 0.29) is 5.41 Å². The van der Waals surface area contributed by atoms with Crippen molar-refractivity contribution in [2.45, 2.75) is 43.7 Å². The Kier molecular flexibility index (Phi) is 4.17. The van der Waals surface area contributed by atoms with E-state index in [1.54, 1.807) is 23.1 Å². The first-order valence-corrected chi connectivity index (χ1v) is 9.41. The van der Waals surface area contributed by atoms with Crippen LogP contribution >= 0.6 is 23.1 Å². The Balaban J connectivity index is 1.74.